The van der Waals surface area contributed by atoms with Gasteiger partial charge in [0.1, 0.15) is 5.75 Å². The van der Waals surface area contributed by atoms with Gasteiger partial charge in [0.25, 0.3) is 0 Å². The van der Waals surface area contributed by atoms with E-state index in [2.05, 4.69) is 10.3 Å². The number of aliphatic imine (C=N–C) groups is 1. The average molecular weight is 477 g/mol. The van der Waals surface area contributed by atoms with Crippen LogP contribution in [0.2, 0.25) is 0 Å². The van der Waals surface area contributed by atoms with Gasteiger partial charge >= 0.3 is 0 Å². The lowest BCUT2D eigenvalue weighted by Gasteiger charge is -2.21. The zero-order valence-electron chi connectivity index (χ0n) is 15.8. The monoisotopic (exact) mass is 477 g/mol. The fourth-order valence-electron chi connectivity index (χ4n) is 2.61. The number of nitrogens with zero attached hydrogens (tertiary/aromatic N) is 1. The highest BCUT2D eigenvalue weighted by atomic mass is 127. The van der Waals surface area contributed by atoms with Crippen LogP contribution in [0.1, 0.15) is 33.1 Å². The summed E-state index contributed by atoms with van der Waals surface area (Å²) in [7, 11) is 0. The molecule has 3 N–H and O–H groups in total. The fourth-order valence-corrected chi connectivity index (χ4v) is 2.61. The smallest absolute Gasteiger partial charge is 0.193 e. The van der Waals surface area contributed by atoms with Crippen molar-refractivity contribution in [2.24, 2.45) is 16.6 Å². The molecular formula is C19H32IN3O3. The highest BCUT2D eigenvalue weighted by Gasteiger charge is 2.13. The first kappa shape index (κ1) is 23.0. The third-order valence-electron chi connectivity index (χ3n) is 3.92. The summed E-state index contributed by atoms with van der Waals surface area (Å²) >= 11 is 0. The number of nitrogens with one attached hydrogen (secondary N) is 1. The Morgan fingerprint density at radius 1 is 1.27 bits per heavy atom. The van der Waals surface area contributed by atoms with Crippen molar-refractivity contribution in [3.63, 3.8) is 0 Å². The maximum Gasteiger partial charge on any atom is 0.193 e. The number of hydrogen-bond donors (Lipinski definition) is 2. The number of halogens is 1. The van der Waals surface area contributed by atoms with Crippen molar-refractivity contribution in [2.75, 3.05) is 38.3 Å². The van der Waals surface area contributed by atoms with E-state index < -0.39 is 0 Å². The summed E-state index contributed by atoms with van der Waals surface area (Å²) in [6, 6.07) is 7.69. The van der Waals surface area contributed by atoms with Crippen molar-refractivity contribution in [1.82, 2.24) is 0 Å². The second-order valence-corrected chi connectivity index (χ2v) is 6.57. The van der Waals surface area contributed by atoms with Gasteiger partial charge in [-0.15, -0.1) is 24.0 Å². The number of ether oxygens (including phenoxy) is 3. The maximum atomic E-state index is 5.91. The molecule has 0 bridgehead atoms. The molecule has 1 fully saturated rings. The summed E-state index contributed by atoms with van der Waals surface area (Å²) in [4.78, 5) is 4.33. The van der Waals surface area contributed by atoms with E-state index in [9.17, 15) is 0 Å². The van der Waals surface area contributed by atoms with E-state index in [1.54, 1.807) is 0 Å². The second kappa shape index (κ2) is 13.2. The Morgan fingerprint density at radius 3 is 2.62 bits per heavy atom. The van der Waals surface area contributed by atoms with Crippen LogP contribution in [-0.2, 0) is 9.47 Å². The van der Waals surface area contributed by atoms with Gasteiger partial charge < -0.3 is 25.3 Å². The van der Waals surface area contributed by atoms with Gasteiger partial charge in [-0.05, 0) is 63.3 Å². The van der Waals surface area contributed by atoms with E-state index in [0.717, 1.165) is 57.1 Å². The molecule has 2 rings (SSSR count). The van der Waals surface area contributed by atoms with Crippen LogP contribution in [0.25, 0.3) is 0 Å². The molecule has 0 aromatic heterocycles. The minimum Gasteiger partial charge on any atom is -0.491 e. The first-order valence-electron chi connectivity index (χ1n) is 9.12. The maximum absolute atomic E-state index is 5.91. The van der Waals surface area contributed by atoms with Crippen LogP contribution in [0.5, 0.6) is 5.75 Å². The number of anilines is 1. The molecule has 0 amide bonds. The zero-order chi connectivity index (χ0) is 17.9. The molecule has 1 aliphatic heterocycles. The Labute approximate surface area is 173 Å². The molecule has 6 nitrogen and oxygen atoms in total. The lowest BCUT2D eigenvalue weighted by atomic mass is 10.0. The van der Waals surface area contributed by atoms with Gasteiger partial charge in [-0.25, -0.2) is 0 Å². The molecule has 0 atom stereocenters. The lowest BCUT2D eigenvalue weighted by Crippen LogP contribution is -2.23. The second-order valence-electron chi connectivity index (χ2n) is 6.57. The largest absolute Gasteiger partial charge is 0.491 e. The summed E-state index contributed by atoms with van der Waals surface area (Å²) in [5, 5.41) is 3.08. The molecule has 148 valence electrons. The van der Waals surface area contributed by atoms with Gasteiger partial charge in [-0.3, -0.25) is 4.99 Å². The normalized spacial score (nSPS) is 15.6. The van der Waals surface area contributed by atoms with Crippen molar-refractivity contribution in [1.29, 1.82) is 0 Å². The van der Waals surface area contributed by atoms with Crippen molar-refractivity contribution >= 4 is 35.6 Å². The molecule has 0 radical (unpaired) electrons. The molecule has 0 spiro atoms. The Balaban J connectivity index is 0.00000338. The summed E-state index contributed by atoms with van der Waals surface area (Å²) in [6.07, 6.45) is 3.25. The van der Waals surface area contributed by atoms with Crippen LogP contribution < -0.4 is 15.8 Å². The summed E-state index contributed by atoms with van der Waals surface area (Å²) in [5.41, 5.74) is 6.81. The Hall–Kier alpha value is -1.06. The van der Waals surface area contributed by atoms with Crippen molar-refractivity contribution in [2.45, 2.75) is 39.2 Å². The van der Waals surface area contributed by atoms with Crippen LogP contribution in [0, 0.1) is 5.92 Å². The van der Waals surface area contributed by atoms with Crippen LogP contribution in [0.3, 0.4) is 0 Å². The highest BCUT2D eigenvalue weighted by Crippen LogP contribution is 2.17. The predicted octanol–water partition coefficient (Wildman–Crippen LogP) is 3.65. The van der Waals surface area contributed by atoms with Gasteiger partial charge in [-0.2, -0.15) is 0 Å². The van der Waals surface area contributed by atoms with Gasteiger partial charge in [0.05, 0.1) is 6.10 Å². The van der Waals surface area contributed by atoms with Crippen molar-refractivity contribution < 1.29 is 14.2 Å². The minimum absolute atomic E-state index is 0. The van der Waals surface area contributed by atoms with E-state index in [-0.39, 0.29) is 30.1 Å². The third-order valence-corrected chi connectivity index (χ3v) is 3.92. The first-order chi connectivity index (χ1) is 12.1. The molecule has 1 aromatic carbocycles. The molecule has 0 saturated carbocycles. The third kappa shape index (κ3) is 9.59. The Kier molecular flexibility index (Phi) is 11.6. The van der Waals surface area contributed by atoms with Crippen LogP contribution in [0.4, 0.5) is 5.69 Å². The molecule has 1 aromatic rings. The van der Waals surface area contributed by atoms with Crippen molar-refractivity contribution in [3.05, 3.63) is 24.3 Å². The Bertz CT molecular complexity index is 517. The lowest BCUT2D eigenvalue weighted by molar-refractivity contribution is 0.0205. The van der Waals surface area contributed by atoms with E-state index in [4.69, 9.17) is 19.9 Å². The fraction of sp³-hybridized carbons (Fsp3) is 0.632. The van der Waals surface area contributed by atoms with E-state index in [1.807, 2.05) is 38.1 Å². The summed E-state index contributed by atoms with van der Waals surface area (Å²) < 4.78 is 16.7. The van der Waals surface area contributed by atoms with Gasteiger partial charge in [0.2, 0.25) is 0 Å². The number of guanidine groups is 1. The van der Waals surface area contributed by atoms with Crippen LogP contribution in [-0.4, -0.2) is 45.0 Å². The molecule has 26 heavy (non-hydrogen) atoms. The molecule has 0 unspecified atom stereocenters. The van der Waals surface area contributed by atoms with E-state index >= 15 is 0 Å². The zero-order valence-corrected chi connectivity index (χ0v) is 18.1. The summed E-state index contributed by atoms with van der Waals surface area (Å²) in [6.45, 7) is 7.94. The highest BCUT2D eigenvalue weighted by molar-refractivity contribution is 14.0. The van der Waals surface area contributed by atoms with Crippen LogP contribution in [0.15, 0.2) is 29.3 Å². The first-order valence-corrected chi connectivity index (χ1v) is 9.12. The molecule has 1 heterocycles. The molecule has 7 heteroatoms. The molecule has 1 saturated heterocycles. The number of nitrogens with two attached hydrogens (primary N) is 1. The van der Waals surface area contributed by atoms with Gasteiger partial charge in [0, 0.05) is 38.7 Å². The van der Waals surface area contributed by atoms with Crippen LogP contribution >= 0.6 is 24.0 Å². The molecular weight excluding hydrogens is 445 g/mol. The standard InChI is InChI=1S/C19H31N3O3.HI/c1-15(2)25-18-6-4-17(5-7-18)22-19(20)21-10-3-11-24-14-16-8-12-23-13-9-16;/h4-7,15-16H,3,8-14H2,1-2H3,(H3,20,21,22);1H. The van der Waals surface area contributed by atoms with Crippen molar-refractivity contribution in [3.8, 4) is 5.75 Å². The molecule has 0 aliphatic carbocycles. The summed E-state index contributed by atoms with van der Waals surface area (Å²) in [5.74, 6) is 1.91. The minimum atomic E-state index is 0. The number of rotatable bonds is 9. The van der Waals surface area contributed by atoms with E-state index in [0.29, 0.717) is 18.4 Å². The number of hydrogen-bond acceptors (Lipinski definition) is 4. The Morgan fingerprint density at radius 2 is 1.96 bits per heavy atom. The quantitative estimate of drug-likeness (QED) is 0.246. The number of benzene rings is 1. The van der Waals surface area contributed by atoms with Gasteiger partial charge in [0.15, 0.2) is 5.96 Å². The van der Waals surface area contributed by atoms with E-state index in [1.165, 1.54) is 0 Å². The molecule has 1 aliphatic rings. The van der Waals surface area contributed by atoms with Gasteiger partial charge in [-0.1, -0.05) is 0 Å². The predicted molar refractivity (Wildman–Crippen MR) is 117 cm³/mol. The topological polar surface area (TPSA) is 78.1 Å². The average Bonchev–Trinajstić information content (AvgIpc) is 2.60. The SMILES string of the molecule is CC(C)Oc1ccc(NC(N)=NCCCOCC2CCOCC2)cc1.I.